The lowest BCUT2D eigenvalue weighted by Crippen LogP contribution is -2.47. The molecule has 2 heterocycles. The van der Waals surface area contributed by atoms with Gasteiger partial charge in [-0.1, -0.05) is 5.10 Å². The van der Waals surface area contributed by atoms with Crippen molar-refractivity contribution in [1.29, 1.82) is 0 Å². The third-order valence-electron chi connectivity index (χ3n) is 7.28. The lowest BCUT2D eigenvalue weighted by Gasteiger charge is -2.56. The minimum Gasteiger partial charge on any atom is -0.506 e. The SMILES string of the molecule is Cc1nc(Nc2nnc(CC34CC5CC(CC(C5)C3)C4)o2)c(C)c(C)c1O. The van der Waals surface area contributed by atoms with Crippen molar-refractivity contribution in [2.24, 2.45) is 23.2 Å². The van der Waals surface area contributed by atoms with Gasteiger partial charge >= 0.3 is 6.01 Å². The molecule has 144 valence electrons. The molecular formula is C21H28N4O2. The third kappa shape index (κ3) is 2.89. The molecule has 0 aromatic carbocycles. The maximum absolute atomic E-state index is 10.0. The Morgan fingerprint density at radius 2 is 1.63 bits per heavy atom. The van der Waals surface area contributed by atoms with E-state index in [1.165, 1.54) is 38.5 Å². The second-order valence-electron chi connectivity index (χ2n) is 9.36. The summed E-state index contributed by atoms with van der Waals surface area (Å²) < 4.78 is 5.96. The minimum absolute atomic E-state index is 0.242. The van der Waals surface area contributed by atoms with E-state index in [2.05, 4.69) is 20.5 Å². The highest BCUT2D eigenvalue weighted by molar-refractivity contribution is 5.58. The fourth-order valence-electron chi connectivity index (χ4n) is 6.36. The summed E-state index contributed by atoms with van der Waals surface area (Å²) in [6.07, 6.45) is 9.25. The van der Waals surface area contributed by atoms with Crippen LogP contribution in [0, 0.1) is 43.9 Å². The van der Waals surface area contributed by atoms with Crippen LogP contribution in [0.4, 0.5) is 11.8 Å². The van der Waals surface area contributed by atoms with E-state index in [-0.39, 0.29) is 5.75 Å². The van der Waals surface area contributed by atoms with E-state index in [0.29, 0.717) is 22.9 Å². The summed E-state index contributed by atoms with van der Waals surface area (Å²) >= 11 is 0. The Balaban J connectivity index is 1.34. The third-order valence-corrected chi connectivity index (χ3v) is 7.28. The lowest BCUT2D eigenvalue weighted by atomic mass is 9.49. The lowest BCUT2D eigenvalue weighted by molar-refractivity contribution is -0.0550. The largest absolute Gasteiger partial charge is 0.506 e. The first-order valence-electron chi connectivity index (χ1n) is 10.2. The molecule has 4 aliphatic rings. The number of rotatable bonds is 4. The number of nitrogens with zero attached hydrogens (tertiary/aromatic N) is 3. The van der Waals surface area contributed by atoms with Gasteiger partial charge < -0.3 is 9.52 Å². The normalized spacial score (nSPS) is 31.4. The van der Waals surface area contributed by atoms with E-state index in [9.17, 15) is 5.11 Å². The summed E-state index contributed by atoms with van der Waals surface area (Å²) in [7, 11) is 0. The maximum atomic E-state index is 10.0. The molecule has 0 radical (unpaired) electrons. The van der Waals surface area contributed by atoms with Crippen molar-refractivity contribution < 1.29 is 9.52 Å². The number of aryl methyl sites for hydroxylation is 1. The van der Waals surface area contributed by atoms with Gasteiger partial charge in [0.2, 0.25) is 5.89 Å². The van der Waals surface area contributed by atoms with E-state index in [4.69, 9.17) is 4.42 Å². The molecule has 6 heteroatoms. The summed E-state index contributed by atoms with van der Waals surface area (Å²) in [4.78, 5) is 4.43. The van der Waals surface area contributed by atoms with Crippen LogP contribution in [0.25, 0.3) is 0 Å². The Hall–Kier alpha value is -2.11. The molecular weight excluding hydrogens is 340 g/mol. The zero-order chi connectivity index (χ0) is 18.8. The van der Waals surface area contributed by atoms with Crippen molar-refractivity contribution in [1.82, 2.24) is 15.2 Å². The van der Waals surface area contributed by atoms with E-state index in [1.807, 2.05) is 13.8 Å². The van der Waals surface area contributed by atoms with Gasteiger partial charge in [0, 0.05) is 6.42 Å². The van der Waals surface area contributed by atoms with E-state index >= 15 is 0 Å². The van der Waals surface area contributed by atoms with Crippen LogP contribution in [0.2, 0.25) is 0 Å². The Labute approximate surface area is 159 Å². The number of hydrogen-bond donors (Lipinski definition) is 2. The van der Waals surface area contributed by atoms with Crippen LogP contribution < -0.4 is 5.32 Å². The molecule has 27 heavy (non-hydrogen) atoms. The van der Waals surface area contributed by atoms with E-state index in [0.717, 1.165) is 41.2 Å². The highest BCUT2D eigenvalue weighted by atomic mass is 16.4. The van der Waals surface area contributed by atoms with Gasteiger partial charge in [0.05, 0.1) is 5.69 Å². The Kier molecular flexibility index (Phi) is 3.75. The number of hydrogen-bond acceptors (Lipinski definition) is 6. The Bertz CT molecular complexity index is 853. The van der Waals surface area contributed by atoms with Gasteiger partial charge in [-0.3, -0.25) is 5.32 Å². The van der Waals surface area contributed by atoms with Crippen LogP contribution in [0.3, 0.4) is 0 Å². The van der Waals surface area contributed by atoms with Gasteiger partial charge in [0.1, 0.15) is 11.6 Å². The van der Waals surface area contributed by atoms with Crippen molar-refractivity contribution in [2.75, 3.05) is 5.32 Å². The Morgan fingerprint density at radius 1 is 1.00 bits per heavy atom. The van der Waals surface area contributed by atoms with Gasteiger partial charge in [-0.05, 0) is 93.6 Å². The van der Waals surface area contributed by atoms with Crippen LogP contribution in [-0.4, -0.2) is 20.3 Å². The predicted octanol–water partition coefficient (Wildman–Crippen LogP) is 4.60. The zero-order valence-electron chi connectivity index (χ0n) is 16.4. The molecule has 0 aliphatic heterocycles. The first-order valence-corrected chi connectivity index (χ1v) is 10.2. The predicted molar refractivity (Wildman–Crippen MR) is 102 cm³/mol. The molecule has 6 rings (SSSR count). The van der Waals surface area contributed by atoms with Crippen LogP contribution in [0.15, 0.2) is 4.42 Å². The van der Waals surface area contributed by atoms with Gasteiger partial charge in [-0.2, -0.15) is 0 Å². The van der Waals surface area contributed by atoms with E-state index < -0.39 is 0 Å². The number of pyridine rings is 1. The van der Waals surface area contributed by atoms with Crippen molar-refractivity contribution in [3.8, 4) is 5.75 Å². The fourth-order valence-corrected chi connectivity index (χ4v) is 6.36. The molecule has 2 aromatic rings. The molecule has 2 N–H and O–H groups in total. The first-order chi connectivity index (χ1) is 12.9. The minimum atomic E-state index is 0.242. The fraction of sp³-hybridized carbons (Fsp3) is 0.667. The number of aromatic nitrogens is 3. The molecule has 0 atom stereocenters. The van der Waals surface area contributed by atoms with Crippen molar-refractivity contribution in [3.63, 3.8) is 0 Å². The second kappa shape index (κ2) is 5.94. The molecule has 0 amide bonds. The highest BCUT2D eigenvalue weighted by Gasteiger charge is 2.51. The molecule has 0 spiro atoms. The molecule has 4 fully saturated rings. The van der Waals surface area contributed by atoms with Crippen molar-refractivity contribution in [2.45, 2.75) is 65.7 Å². The zero-order valence-corrected chi connectivity index (χ0v) is 16.4. The smallest absolute Gasteiger partial charge is 0.321 e. The number of nitrogens with one attached hydrogen (secondary N) is 1. The average Bonchev–Trinajstić information content (AvgIpc) is 3.02. The Morgan fingerprint density at radius 3 is 2.26 bits per heavy atom. The van der Waals surface area contributed by atoms with E-state index in [1.54, 1.807) is 6.92 Å². The first kappa shape index (κ1) is 17.0. The molecule has 4 bridgehead atoms. The summed E-state index contributed by atoms with van der Waals surface area (Å²) in [6.45, 7) is 5.60. The quantitative estimate of drug-likeness (QED) is 0.820. The second-order valence-corrected chi connectivity index (χ2v) is 9.36. The van der Waals surface area contributed by atoms with Crippen LogP contribution >= 0.6 is 0 Å². The maximum Gasteiger partial charge on any atom is 0.321 e. The van der Waals surface area contributed by atoms with Gasteiger partial charge in [-0.25, -0.2) is 4.98 Å². The molecule has 6 nitrogen and oxygen atoms in total. The van der Waals surface area contributed by atoms with Gasteiger partial charge in [0.25, 0.3) is 0 Å². The van der Waals surface area contributed by atoms with Crippen LogP contribution in [-0.2, 0) is 6.42 Å². The van der Waals surface area contributed by atoms with Crippen LogP contribution in [0.1, 0.15) is 61.2 Å². The molecule has 2 aromatic heterocycles. The van der Waals surface area contributed by atoms with Gasteiger partial charge in [0.15, 0.2) is 0 Å². The van der Waals surface area contributed by atoms with Crippen molar-refractivity contribution in [3.05, 3.63) is 22.7 Å². The van der Waals surface area contributed by atoms with Gasteiger partial charge in [-0.15, -0.1) is 5.10 Å². The highest BCUT2D eigenvalue weighted by Crippen LogP contribution is 2.61. The van der Waals surface area contributed by atoms with Crippen molar-refractivity contribution >= 4 is 11.8 Å². The summed E-state index contributed by atoms with van der Waals surface area (Å²) in [6, 6.07) is 0.384. The standard InChI is InChI=1S/C21H28N4O2/c1-11-12(2)19(22-13(3)18(11)26)23-20-25-24-17(27-20)10-21-7-14-4-15(8-21)6-16(5-14)9-21/h14-16,26H,4-10H2,1-3H3,(H,22,23,25). The molecule has 0 unspecified atom stereocenters. The number of anilines is 2. The topological polar surface area (TPSA) is 84.1 Å². The molecule has 4 aliphatic carbocycles. The molecule has 4 saturated carbocycles. The summed E-state index contributed by atoms with van der Waals surface area (Å²) in [5.41, 5.74) is 2.68. The molecule has 0 saturated heterocycles. The van der Waals surface area contributed by atoms with Crippen LogP contribution in [0.5, 0.6) is 5.75 Å². The summed E-state index contributed by atoms with van der Waals surface area (Å²) in [5, 5.41) is 21.7. The monoisotopic (exact) mass is 368 g/mol. The summed E-state index contributed by atoms with van der Waals surface area (Å²) in [5.74, 6) is 4.41. The average molecular weight is 368 g/mol. The number of aromatic hydroxyl groups is 1.